The van der Waals surface area contributed by atoms with Gasteiger partial charge in [-0.3, -0.25) is 9.59 Å². The van der Waals surface area contributed by atoms with Gasteiger partial charge in [0.1, 0.15) is 11.2 Å². The highest BCUT2D eigenvalue weighted by Crippen LogP contribution is 2.47. The summed E-state index contributed by atoms with van der Waals surface area (Å²) in [6, 6.07) is 9.58. The SMILES string of the molecule is Cc1cc(C)c(NC(=O)C2(C(=O)NCc3ccc(F)cc3)CC2)c(Cl)c1. The number of benzene rings is 2. The van der Waals surface area contributed by atoms with Crippen LogP contribution in [-0.2, 0) is 16.1 Å². The van der Waals surface area contributed by atoms with Gasteiger partial charge in [0.15, 0.2) is 0 Å². The lowest BCUT2D eigenvalue weighted by Crippen LogP contribution is -2.39. The molecule has 2 aromatic rings. The van der Waals surface area contributed by atoms with Crippen molar-refractivity contribution in [3.05, 3.63) is 63.9 Å². The van der Waals surface area contributed by atoms with Crippen molar-refractivity contribution in [1.29, 1.82) is 0 Å². The van der Waals surface area contributed by atoms with Crippen LogP contribution in [-0.4, -0.2) is 11.8 Å². The average molecular weight is 375 g/mol. The molecule has 0 saturated heterocycles. The molecule has 0 radical (unpaired) electrons. The maximum absolute atomic E-state index is 12.9. The normalized spacial score (nSPS) is 14.6. The van der Waals surface area contributed by atoms with Gasteiger partial charge >= 0.3 is 0 Å². The molecule has 1 aliphatic rings. The Bertz CT molecular complexity index is 838. The van der Waals surface area contributed by atoms with Gasteiger partial charge in [-0.25, -0.2) is 4.39 Å². The number of aryl methyl sites for hydroxylation is 2. The highest BCUT2D eigenvalue weighted by atomic mass is 35.5. The van der Waals surface area contributed by atoms with E-state index in [-0.39, 0.29) is 24.2 Å². The maximum atomic E-state index is 12.9. The highest BCUT2D eigenvalue weighted by molar-refractivity contribution is 6.34. The van der Waals surface area contributed by atoms with Gasteiger partial charge in [-0.05, 0) is 61.6 Å². The van der Waals surface area contributed by atoms with Crippen molar-refractivity contribution in [2.24, 2.45) is 5.41 Å². The van der Waals surface area contributed by atoms with Gasteiger partial charge in [0, 0.05) is 6.54 Å². The fraction of sp³-hybridized carbons (Fsp3) is 0.300. The van der Waals surface area contributed by atoms with Gasteiger partial charge in [-0.1, -0.05) is 29.8 Å². The molecule has 0 heterocycles. The predicted octanol–water partition coefficient (Wildman–Crippen LogP) is 4.13. The number of halogens is 2. The average Bonchev–Trinajstić information content (AvgIpc) is 3.39. The standard InChI is InChI=1S/C20H20ClFN2O2/c1-12-9-13(2)17(16(21)10-12)24-19(26)20(7-8-20)18(25)23-11-14-3-5-15(22)6-4-14/h3-6,9-10H,7-8,11H2,1-2H3,(H,23,25)(H,24,26). The molecule has 0 unspecified atom stereocenters. The molecule has 0 aliphatic heterocycles. The zero-order valence-electron chi connectivity index (χ0n) is 14.7. The topological polar surface area (TPSA) is 58.2 Å². The van der Waals surface area contributed by atoms with E-state index in [1.54, 1.807) is 18.2 Å². The molecule has 3 rings (SSSR count). The second kappa shape index (κ2) is 7.08. The quantitative estimate of drug-likeness (QED) is 0.773. The van der Waals surface area contributed by atoms with Crippen molar-refractivity contribution in [2.75, 3.05) is 5.32 Å². The van der Waals surface area contributed by atoms with Crippen LogP contribution in [0.25, 0.3) is 0 Å². The van der Waals surface area contributed by atoms with E-state index in [1.807, 2.05) is 19.9 Å². The largest absolute Gasteiger partial charge is 0.351 e. The molecule has 0 atom stereocenters. The molecule has 26 heavy (non-hydrogen) atoms. The summed E-state index contributed by atoms with van der Waals surface area (Å²) in [5.41, 5.74) is 2.11. The molecule has 4 nitrogen and oxygen atoms in total. The van der Waals surface area contributed by atoms with Crippen LogP contribution in [0, 0.1) is 25.1 Å². The number of carbonyl (C=O) groups excluding carboxylic acids is 2. The molecule has 6 heteroatoms. The minimum atomic E-state index is -1.05. The summed E-state index contributed by atoms with van der Waals surface area (Å²) in [5, 5.41) is 6.04. The molecular weight excluding hydrogens is 355 g/mol. The molecule has 0 spiro atoms. The Balaban J connectivity index is 1.67. The molecule has 136 valence electrons. The zero-order valence-corrected chi connectivity index (χ0v) is 15.4. The van der Waals surface area contributed by atoms with E-state index in [2.05, 4.69) is 10.6 Å². The van der Waals surface area contributed by atoms with E-state index in [0.29, 0.717) is 23.6 Å². The third-order valence-electron chi connectivity index (χ3n) is 4.66. The van der Waals surface area contributed by atoms with E-state index in [0.717, 1.165) is 16.7 Å². The van der Waals surface area contributed by atoms with E-state index in [1.165, 1.54) is 12.1 Å². The molecule has 2 aromatic carbocycles. The Morgan fingerprint density at radius 1 is 1.12 bits per heavy atom. The van der Waals surface area contributed by atoms with Gasteiger partial charge in [-0.2, -0.15) is 0 Å². The third kappa shape index (κ3) is 3.73. The first-order valence-electron chi connectivity index (χ1n) is 8.43. The first-order valence-corrected chi connectivity index (χ1v) is 8.80. The number of rotatable bonds is 5. The number of hydrogen-bond acceptors (Lipinski definition) is 2. The summed E-state index contributed by atoms with van der Waals surface area (Å²) >= 11 is 6.24. The van der Waals surface area contributed by atoms with Crippen molar-refractivity contribution in [1.82, 2.24) is 5.32 Å². The van der Waals surface area contributed by atoms with E-state index < -0.39 is 5.41 Å². The third-order valence-corrected chi connectivity index (χ3v) is 4.95. The van der Waals surface area contributed by atoms with Gasteiger partial charge in [-0.15, -0.1) is 0 Å². The maximum Gasteiger partial charge on any atom is 0.240 e. The van der Waals surface area contributed by atoms with Crippen LogP contribution in [0.15, 0.2) is 36.4 Å². The van der Waals surface area contributed by atoms with Crippen molar-refractivity contribution >= 4 is 29.1 Å². The predicted molar refractivity (Wildman–Crippen MR) is 99.5 cm³/mol. The Morgan fingerprint density at radius 2 is 1.77 bits per heavy atom. The lowest BCUT2D eigenvalue weighted by Gasteiger charge is -2.17. The smallest absolute Gasteiger partial charge is 0.240 e. The van der Waals surface area contributed by atoms with Crippen molar-refractivity contribution in [3.63, 3.8) is 0 Å². The van der Waals surface area contributed by atoms with Crippen LogP contribution in [0.2, 0.25) is 5.02 Å². The Hall–Kier alpha value is -2.40. The summed E-state index contributed by atoms with van der Waals surface area (Å²) in [6.07, 6.45) is 0.993. The summed E-state index contributed by atoms with van der Waals surface area (Å²) in [6.45, 7) is 4.04. The van der Waals surface area contributed by atoms with E-state index in [4.69, 9.17) is 11.6 Å². The number of hydrogen-bond donors (Lipinski definition) is 2. The molecule has 0 aromatic heterocycles. The highest BCUT2D eigenvalue weighted by Gasteiger charge is 2.56. The summed E-state index contributed by atoms with van der Waals surface area (Å²) in [4.78, 5) is 25.2. The second-order valence-electron chi connectivity index (χ2n) is 6.78. The summed E-state index contributed by atoms with van der Waals surface area (Å²) in [5.74, 6) is -0.994. The second-order valence-corrected chi connectivity index (χ2v) is 7.19. The lowest BCUT2D eigenvalue weighted by molar-refractivity contribution is -0.134. The molecule has 1 saturated carbocycles. The Morgan fingerprint density at radius 3 is 2.35 bits per heavy atom. The van der Waals surface area contributed by atoms with Crippen molar-refractivity contribution in [2.45, 2.75) is 33.2 Å². The van der Waals surface area contributed by atoms with E-state index >= 15 is 0 Å². The number of nitrogens with one attached hydrogen (secondary N) is 2. The Labute approximate surface area is 156 Å². The number of anilines is 1. The summed E-state index contributed by atoms with van der Waals surface area (Å²) < 4.78 is 12.9. The molecule has 2 amide bonds. The van der Waals surface area contributed by atoms with Gasteiger partial charge in [0.05, 0.1) is 10.7 Å². The first kappa shape index (κ1) is 18.4. The minimum absolute atomic E-state index is 0.248. The minimum Gasteiger partial charge on any atom is -0.351 e. The van der Waals surface area contributed by atoms with E-state index in [9.17, 15) is 14.0 Å². The molecule has 0 bridgehead atoms. The fourth-order valence-electron chi connectivity index (χ4n) is 2.94. The van der Waals surface area contributed by atoms with Crippen molar-refractivity contribution in [3.8, 4) is 0 Å². The van der Waals surface area contributed by atoms with Crippen LogP contribution in [0.5, 0.6) is 0 Å². The number of carbonyl (C=O) groups is 2. The number of amides is 2. The molecule has 1 fully saturated rings. The first-order chi connectivity index (χ1) is 12.3. The van der Waals surface area contributed by atoms with Gasteiger partial charge < -0.3 is 10.6 Å². The molecular formula is C20H20ClFN2O2. The lowest BCUT2D eigenvalue weighted by atomic mass is 10.0. The Kier molecular flexibility index (Phi) is 5.01. The summed E-state index contributed by atoms with van der Waals surface area (Å²) in [7, 11) is 0. The van der Waals surface area contributed by atoms with Crippen LogP contribution in [0.3, 0.4) is 0 Å². The van der Waals surface area contributed by atoms with Crippen LogP contribution >= 0.6 is 11.6 Å². The fourth-order valence-corrected chi connectivity index (χ4v) is 3.31. The van der Waals surface area contributed by atoms with Crippen molar-refractivity contribution < 1.29 is 14.0 Å². The van der Waals surface area contributed by atoms with Gasteiger partial charge in [0.25, 0.3) is 0 Å². The van der Waals surface area contributed by atoms with Crippen LogP contribution < -0.4 is 10.6 Å². The molecule has 1 aliphatic carbocycles. The van der Waals surface area contributed by atoms with Gasteiger partial charge in [0.2, 0.25) is 11.8 Å². The molecule has 2 N–H and O–H groups in total. The van der Waals surface area contributed by atoms with Crippen LogP contribution in [0.4, 0.5) is 10.1 Å². The monoisotopic (exact) mass is 374 g/mol. The zero-order chi connectivity index (χ0) is 18.9. The van der Waals surface area contributed by atoms with Crippen LogP contribution in [0.1, 0.15) is 29.5 Å².